The highest BCUT2D eigenvalue weighted by Gasteiger charge is 2.34. The van der Waals surface area contributed by atoms with Crippen molar-refractivity contribution in [2.45, 2.75) is 33.0 Å². The van der Waals surface area contributed by atoms with Gasteiger partial charge in [-0.05, 0) is 18.4 Å². The van der Waals surface area contributed by atoms with E-state index in [0.717, 1.165) is 5.56 Å². The molecule has 2 heterocycles. The van der Waals surface area contributed by atoms with Crippen LogP contribution >= 0.6 is 0 Å². The second kappa shape index (κ2) is 7.23. The lowest BCUT2D eigenvalue weighted by molar-refractivity contribution is -0.0959. The topological polar surface area (TPSA) is 59.8 Å². The van der Waals surface area contributed by atoms with Crippen LogP contribution in [0.25, 0.3) is 0 Å². The molecule has 0 bridgehead atoms. The zero-order valence-corrected chi connectivity index (χ0v) is 14.8. The molecule has 1 aliphatic rings. The number of benzene rings is 1. The summed E-state index contributed by atoms with van der Waals surface area (Å²) in [5.41, 5.74) is 0.816. The molecule has 25 heavy (non-hydrogen) atoms. The van der Waals surface area contributed by atoms with E-state index in [4.69, 9.17) is 9.15 Å². The molecule has 0 spiro atoms. The molecule has 0 N–H and O–H groups in total. The molecule has 0 radical (unpaired) electrons. The van der Waals surface area contributed by atoms with Gasteiger partial charge in [-0.25, -0.2) is 0 Å². The number of aryl methyl sites for hydroxylation is 1. The van der Waals surface area contributed by atoms with E-state index in [1.165, 1.54) is 12.1 Å². The smallest absolute Gasteiger partial charge is 0.289 e. The summed E-state index contributed by atoms with van der Waals surface area (Å²) in [5.74, 6) is 0.521. The number of carbonyl (C=O) groups excluding carboxylic acids is 1. The number of carbonyl (C=O) groups is 1. The number of ether oxygens (including phenoxy) is 1. The molecule has 5 nitrogen and oxygen atoms in total. The van der Waals surface area contributed by atoms with Gasteiger partial charge in [0.15, 0.2) is 11.2 Å². The lowest BCUT2D eigenvalue weighted by Crippen LogP contribution is -2.48. The zero-order valence-electron chi connectivity index (χ0n) is 14.8. The molecule has 0 unspecified atom stereocenters. The minimum Gasteiger partial charge on any atom is -0.456 e. The van der Waals surface area contributed by atoms with Crippen LogP contribution in [-0.4, -0.2) is 30.0 Å². The number of hydrogen-bond donors (Lipinski definition) is 0. The molecule has 0 saturated carbocycles. The van der Waals surface area contributed by atoms with Gasteiger partial charge in [-0.2, -0.15) is 0 Å². The van der Waals surface area contributed by atoms with E-state index in [0.29, 0.717) is 18.8 Å². The van der Waals surface area contributed by atoms with Crippen LogP contribution in [0.1, 0.15) is 41.8 Å². The first-order chi connectivity index (χ1) is 11.9. The van der Waals surface area contributed by atoms with Crippen LogP contribution in [0.2, 0.25) is 0 Å². The molecule has 2 aromatic rings. The average molecular weight is 341 g/mol. The van der Waals surface area contributed by atoms with Gasteiger partial charge in [-0.3, -0.25) is 9.59 Å². The van der Waals surface area contributed by atoms with E-state index in [2.05, 4.69) is 13.8 Å². The molecule has 0 aliphatic carbocycles. The lowest BCUT2D eigenvalue weighted by Gasteiger charge is -2.39. The van der Waals surface area contributed by atoms with Gasteiger partial charge >= 0.3 is 0 Å². The van der Waals surface area contributed by atoms with Crippen LogP contribution in [-0.2, 0) is 4.74 Å². The SMILES string of the molecule is Cc1cc(=O)cc(C(=O)N2C[C@@H](c3ccccc3)O[C@@H](C(C)C)C2)o1. The maximum Gasteiger partial charge on any atom is 0.289 e. The van der Waals surface area contributed by atoms with Crippen LogP contribution in [0.15, 0.2) is 51.7 Å². The predicted octanol–water partition coefficient (Wildman–Crippen LogP) is 3.19. The van der Waals surface area contributed by atoms with Crippen LogP contribution in [0.4, 0.5) is 0 Å². The summed E-state index contributed by atoms with van der Waals surface area (Å²) < 4.78 is 11.7. The Morgan fingerprint density at radius 3 is 2.52 bits per heavy atom. The number of amides is 1. The second-order valence-electron chi connectivity index (χ2n) is 6.80. The van der Waals surface area contributed by atoms with Crippen molar-refractivity contribution in [3.05, 3.63) is 69.8 Å². The van der Waals surface area contributed by atoms with E-state index >= 15 is 0 Å². The minimum absolute atomic E-state index is 0.0700. The maximum atomic E-state index is 12.9. The van der Waals surface area contributed by atoms with Crippen LogP contribution in [0.5, 0.6) is 0 Å². The Hall–Kier alpha value is -2.40. The molecule has 132 valence electrons. The summed E-state index contributed by atoms with van der Waals surface area (Å²) in [4.78, 5) is 26.3. The Morgan fingerprint density at radius 1 is 1.16 bits per heavy atom. The van der Waals surface area contributed by atoms with E-state index in [-0.39, 0.29) is 35.2 Å². The van der Waals surface area contributed by atoms with E-state index in [1.54, 1.807) is 11.8 Å². The van der Waals surface area contributed by atoms with Crippen molar-refractivity contribution in [1.29, 1.82) is 0 Å². The number of nitrogens with zero attached hydrogens (tertiary/aromatic N) is 1. The largest absolute Gasteiger partial charge is 0.456 e. The standard InChI is InChI=1S/C20H23NO4/c1-13(2)18-11-21(12-19(25-18)15-7-5-4-6-8-15)20(23)17-10-16(22)9-14(3)24-17/h4-10,13,18-19H,11-12H2,1-3H3/t18-,19+/m1/s1. The van der Waals surface area contributed by atoms with Crippen LogP contribution in [0, 0.1) is 12.8 Å². The van der Waals surface area contributed by atoms with Gasteiger partial charge in [-0.15, -0.1) is 0 Å². The molecular formula is C20H23NO4. The van der Waals surface area contributed by atoms with E-state index < -0.39 is 0 Å². The molecule has 1 aromatic carbocycles. The third-order valence-electron chi connectivity index (χ3n) is 4.43. The monoisotopic (exact) mass is 341 g/mol. The number of morpholine rings is 1. The molecule has 1 aromatic heterocycles. The fraction of sp³-hybridized carbons (Fsp3) is 0.400. The van der Waals surface area contributed by atoms with Crippen molar-refractivity contribution < 1.29 is 13.9 Å². The Balaban J connectivity index is 1.88. The highest BCUT2D eigenvalue weighted by atomic mass is 16.5. The van der Waals surface area contributed by atoms with Crippen molar-refractivity contribution in [1.82, 2.24) is 4.90 Å². The van der Waals surface area contributed by atoms with Gasteiger partial charge in [0.05, 0.1) is 12.6 Å². The van der Waals surface area contributed by atoms with Crippen LogP contribution in [0.3, 0.4) is 0 Å². The van der Waals surface area contributed by atoms with Crippen molar-refractivity contribution in [3.8, 4) is 0 Å². The summed E-state index contributed by atoms with van der Waals surface area (Å²) in [6, 6.07) is 12.5. The highest BCUT2D eigenvalue weighted by Crippen LogP contribution is 2.29. The average Bonchev–Trinajstić information content (AvgIpc) is 2.60. The third-order valence-corrected chi connectivity index (χ3v) is 4.43. The first kappa shape index (κ1) is 17.4. The quantitative estimate of drug-likeness (QED) is 0.860. The molecule has 3 rings (SSSR count). The first-order valence-electron chi connectivity index (χ1n) is 8.55. The van der Waals surface area contributed by atoms with Crippen molar-refractivity contribution >= 4 is 5.91 Å². The van der Waals surface area contributed by atoms with Gasteiger partial charge in [0, 0.05) is 18.7 Å². The molecule has 1 amide bonds. The Morgan fingerprint density at radius 2 is 1.88 bits per heavy atom. The van der Waals surface area contributed by atoms with Crippen molar-refractivity contribution in [3.63, 3.8) is 0 Å². The summed E-state index contributed by atoms with van der Waals surface area (Å²) in [7, 11) is 0. The van der Waals surface area contributed by atoms with Gasteiger partial charge in [0.1, 0.15) is 11.9 Å². The normalized spacial score (nSPS) is 20.7. The van der Waals surface area contributed by atoms with Gasteiger partial charge in [0.2, 0.25) is 0 Å². The van der Waals surface area contributed by atoms with E-state index in [9.17, 15) is 9.59 Å². The second-order valence-corrected chi connectivity index (χ2v) is 6.80. The Bertz CT molecular complexity index is 797. The van der Waals surface area contributed by atoms with Crippen molar-refractivity contribution in [2.24, 2.45) is 5.92 Å². The molecule has 2 atom stereocenters. The van der Waals surface area contributed by atoms with E-state index in [1.807, 2.05) is 30.3 Å². The number of hydrogen-bond acceptors (Lipinski definition) is 4. The molecule has 1 fully saturated rings. The Kier molecular flexibility index (Phi) is 5.04. The van der Waals surface area contributed by atoms with Gasteiger partial charge in [0.25, 0.3) is 5.91 Å². The maximum absolute atomic E-state index is 12.9. The lowest BCUT2D eigenvalue weighted by atomic mass is 10.0. The molecular weight excluding hydrogens is 318 g/mol. The molecule has 1 aliphatic heterocycles. The third kappa shape index (κ3) is 3.99. The predicted molar refractivity (Wildman–Crippen MR) is 94.5 cm³/mol. The van der Waals surface area contributed by atoms with Crippen LogP contribution < -0.4 is 5.43 Å². The fourth-order valence-electron chi connectivity index (χ4n) is 3.04. The first-order valence-corrected chi connectivity index (χ1v) is 8.55. The van der Waals surface area contributed by atoms with Gasteiger partial charge in [-0.1, -0.05) is 44.2 Å². The minimum atomic E-state index is -0.268. The number of rotatable bonds is 3. The summed E-state index contributed by atoms with van der Waals surface area (Å²) >= 11 is 0. The van der Waals surface area contributed by atoms with Gasteiger partial charge < -0.3 is 14.1 Å². The summed E-state index contributed by atoms with van der Waals surface area (Å²) in [5, 5.41) is 0. The summed E-state index contributed by atoms with van der Waals surface area (Å²) in [6.07, 6.45) is -0.262. The van der Waals surface area contributed by atoms with Crippen molar-refractivity contribution in [2.75, 3.05) is 13.1 Å². The fourth-order valence-corrected chi connectivity index (χ4v) is 3.04. The molecule has 5 heteroatoms. The molecule has 1 saturated heterocycles. The summed E-state index contributed by atoms with van der Waals surface area (Å²) in [6.45, 7) is 6.74. The highest BCUT2D eigenvalue weighted by molar-refractivity contribution is 5.91. The zero-order chi connectivity index (χ0) is 18.0. The Labute approximate surface area is 147 Å².